The van der Waals surface area contributed by atoms with E-state index >= 15 is 0 Å². The summed E-state index contributed by atoms with van der Waals surface area (Å²) >= 11 is 0. The van der Waals surface area contributed by atoms with Gasteiger partial charge in [0.15, 0.2) is 0 Å². The highest BCUT2D eigenvalue weighted by Gasteiger charge is 2.21. The van der Waals surface area contributed by atoms with Gasteiger partial charge in [-0.25, -0.2) is 9.97 Å². The van der Waals surface area contributed by atoms with E-state index in [1.807, 2.05) is 18.2 Å². The molecule has 0 atom stereocenters. The third-order valence-corrected chi connectivity index (χ3v) is 5.78. The lowest BCUT2D eigenvalue weighted by atomic mass is 9.91. The number of ether oxygens (including phenoxy) is 1. The second-order valence-electron chi connectivity index (χ2n) is 7.78. The van der Waals surface area contributed by atoms with Gasteiger partial charge in [-0.1, -0.05) is 6.07 Å². The molecule has 1 amide bonds. The van der Waals surface area contributed by atoms with Gasteiger partial charge < -0.3 is 20.7 Å². The smallest absolute Gasteiger partial charge is 0.251 e. The lowest BCUT2D eigenvalue weighted by Crippen LogP contribution is -2.38. The molecule has 1 saturated carbocycles. The summed E-state index contributed by atoms with van der Waals surface area (Å²) in [6.07, 6.45) is 7.15. The first-order chi connectivity index (χ1) is 14.2. The van der Waals surface area contributed by atoms with E-state index in [0.29, 0.717) is 24.6 Å². The molecule has 0 unspecified atom stereocenters. The van der Waals surface area contributed by atoms with Gasteiger partial charge in [0.25, 0.3) is 5.91 Å². The van der Waals surface area contributed by atoms with Crippen LogP contribution in [0.3, 0.4) is 0 Å². The highest BCUT2D eigenvalue weighted by atomic mass is 16.5. The summed E-state index contributed by atoms with van der Waals surface area (Å²) in [6, 6.07) is 8.84. The fourth-order valence-corrected chi connectivity index (χ4v) is 4.17. The Morgan fingerprint density at radius 3 is 2.83 bits per heavy atom. The van der Waals surface area contributed by atoms with Crippen LogP contribution in [0.1, 0.15) is 41.6 Å². The monoisotopic (exact) mass is 395 g/mol. The summed E-state index contributed by atoms with van der Waals surface area (Å²) in [7, 11) is 1.73. The van der Waals surface area contributed by atoms with Gasteiger partial charge in [0.1, 0.15) is 0 Å². The molecule has 0 radical (unpaired) electrons. The molecule has 0 bridgehead atoms. The van der Waals surface area contributed by atoms with Gasteiger partial charge in [0.2, 0.25) is 5.95 Å². The lowest BCUT2D eigenvalue weighted by Gasteiger charge is -2.29. The SMILES string of the molecule is COCCNC1CCC(Nc2nccc(-c3ccc4c(c3)CCNC4=O)n2)CC1. The average Bonchev–Trinajstić information content (AvgIpc) is 2.75. The number of hydrogen-bond acceptors (Lipinski definition) is 6. The first-order valence-corrected chi connectivity index (χ1v) is 10.5. The zero-order valence-electron chi connectivity index (χ0n) is 16.9. The Hall–Kier alpha value is -2.51. The molecule has 4 rings (SSSR count). The largest absolute Gasteiger partial charge is 0.383 e. The molecule has 0 saturated heterocycles. The van der Waals surface area contributed by atoms with Crippen molar-refractivity contribution in [3.63, 3.8) is 0 Å². The maximum absolute atomic E-state index is 11.9. The molecular weight excluding hydrogens is 366 g/mol. The molecule has 7 nitrogen and oxygen atoms in total. The third kappa shape index (κ3) is 4.92. The van der Waals surface area contributed by atoms with Crippen LogP contribution in [0.25, 0.3) is 11.3 Å². The first kappa shape index (κ1) is 19.8. The minimum Gasteiger partial charge on any atom is -0.383 e. The quantitative estimate of drug-likeness (QED) is 0.624. The Morgan fingerprint density at radius 2 is 2.00 bits per heavy atom. The number of nitrogens with zero attached hydrogens (tertiary/aromatic N) is 2. The van der Waals surface area contributed by atoms with Gasteiger partial charge >= 0.3 is 0 Å². The van der Waals surface area contributed by atoms with Crippen LogP contribution in [-0.2, 0) is 11.2 Å². The van der Waals surface area contributed by atoms with Crippen LogP contribution >= 0.6 is 0 Å². The van der Waals surface area contributed by atoms with E-state index in [1.54, 1.807) is 13.3 Å². The van der Waals surface area contributed by atoms with Crippen LogP contribution in [0.15, 0.2) is 30.5 Å². The van der Waals surface area contributed by atoms with Crippen LogP contribution in [0.5, 0.6) is 0 Å². The summed E-state index contributed by atoms with van der Waals surface area (Å²) < 4.78 is 5.11. The van der Waals surface area contributed by atoms with Crippen molar-refractivity contribution in [2.24, 2.45) is 0 Å². The number of amides is 1. The van der Waals surface area contributed by atoms with Crippen molar-refractivity contribution >= 4 is 11.9 Å². The summed E-state index contributed by atoms with van der Waals surface area (Å²) in [5, 5.41) is 9.95. The Kier molecular flexibility index (Phi) is 6.36. The molecule has 1 aromatic carbocycles. The first-order valence-electron chi connectivity index (χ1n) is 10.5. The summed E-state index contributed by atoms with van der Waals surface area (Å²) in [5.74, 6) is 0.684. The second kappa shape index (κ2) is 9.33. The van der Waals surface area contributed by atoms with E-state index in [9.17, 15) is 4.79 Å². The summed E-state index contributed by atoms with van der Waals surface area (Å²) in [5.41, 5.74) is 3.75. The van der Waals surface area contributed by atoms with Gasteiger partial charge in [0.05, 0.1) is 12.3 Å². The maximum atomic E-state index is 11.9. The van der Waals surface area contributed by atoms with Crippen molar-refractivity contribution in [1.82, 2.24) is 20.6 Å². The number of carbonyl (C=O) groups excluding carboxylic acids is 1. The molecule has 2 heterocycles. The minimum atomic E-state index is 0.00940. The molecule has 1 aliphatic carbocycles. The van der Waals surface area contributed by atoms with E-state index < -0.39 is 0 Å². The number of anilines is 1. The zero-order valence-corrected chi connectivity index (χ0v) is 16.9. The zero-order chi connectivity index (χ0) is 20.1. The van der Waals surface area contributed by atoms with Gasteiger partial charge in [-0.3, -0.25) is 4.79 Å². The van der Waals surface area contributed by atoms with Crippen molar-refractivity contribution in [3.8, 4) is 11.3 Å². The number of benzene rings is 1. The number of nitrogens with one attached hydrogen (secondary N) is 3. The number of fused-ring (bicyclic) bond motifs is 1. The minimum absolute atomic E-state index is 0.00940. The maximum Gasteiger partial charge on any atom is 0.251 e. The lowest BCUT2D eigenvalue weighted by molar-refractivity contribution is 0.0946. The number of aromatic nitrogens is 2. The fraction of sp³-hybridized carbons (Fsp3) is 0.500. The van der Waals surface area contributed by atoms with Gasteiger partial charge in [-0.05, 0) is 55.9 Å². The molecule has 1 aromatic heterocycles. The Morgan fingerprint density at radius 1 is 1.17 bits per heavy atom. The molecule has 1 aliphatic heterocycles. The van der Waals surface area contributed by atoms with Crippen LogP contribution in [0, 0.1) is 0 Å². The molecule has 1 fully saturated rings. The molecule has 7 heteroatoms. The van der Waals surface area contributed by atoms with E-state index in [4.69, 9.17) is 9.72 Å². The Bertz CT molecular complexity index is 849. The third-order valence-electron chi connectivity index (χ3n) is 5.78. The van der Waals surface area contributed by atoms with Crippen LogP contribution in [0.4, 0.5) is 5.95 Å². The number of rotatable bonds is 7. The van der Waals surface area contributed by atoms with Crippen molar-refractivity contribution in [3.05, 3.63) is 41.6 Å². The van der Waals surface area contributed by atoms with Crippen LogP contribution in [0.2, 0.25) is 0 Å². The summed E-state index contributed by atoms with van der Waals surface area (Å²) in [6.45, 7) is 2.36. The molecule has 154 valence electrons. The number of carbonyl (C=O) groups is 1. The topological polar surface area (TPSA) is 88.2 Å². The Labute approximate surface area is 171 Å². The average molecular weight is 396 g/mol. The molecule has 2 aromatic rings. The Balaban J connectivity index is 1.38. The van der Waals surface area contributed by atoms with Gasteiger partial charge in [-0.2, -0.15) is 0 Å². The molecule has 2 aliphatic rings. The van der Waals surface area contributed by atoms with E-state index in [0.717, 1.165) is 67.6 Å². The van der Waals surface area contributed by atoms with Gasteiger partial charge in [-0.15, -0.1) is 0 Å². The second-order valence-corrected chi connectivity index (χ2v) is 7.78. The van der Waals surface area contributed by atoms with Crippen LogP contribution < -0.4 is 16.0 Å². The fourth-order valence-electron chi connectivity index (χ4n) is 4.17. The molecule has 3 N–H and O–H groups in total. The van der Waals surface area contributed by atoms with Crippen LogP contribution in [-0.4, -0.2) is 54.8 Å². The highest BCUT2D eigenvalue weighted by molar-refractivity contribution is 5.97. The highest BCUT2D eigenvalue weighted by Crippen LogP contribution is 2.25. The van der Waals surface area contributed by atoms with Gasteiger partial charge in [0, 0.05) is 49.6 Å². The summed E-state index contributed by atoms with van der Waals surface area (Å²) in [4.78, 5) is 21.1. The van der Waals surface area contributed by atoms with Crippen molar-refractivity contribution in [2.75, 3.05) is 32.1 Å². The van der Waals surface area contributed by atoms with E-state index in [1.165, 1.54) is 0 Å². The van der Waals surface area contributed by atoms with E-state index in [2.05, 4.69) is 27.0 Å². The van der Waals surface area contributed by atoms with E-state index in [-0.39, 0.29) is 5.91 Å². The molecule has 0 spiro atoms. The molecule has 29 heavy (non-hydrogen) atoms. The van der Waals surface area contributed by atoms with Crippen molar-refractivity contribution in [2.45, 2.75) is 44.2 Å². The van der Waals surface area contributed by atoms with Crippen molar-refractivity contribution < 1.29 is 9.53 Å². The molecular formula is C22H29N5O2. The normalized spacial score (nSPS) is 21.3. The number of hydrogen-bond donors (Lipinski definition) is 3. The number of methoxy groups -OCH3 is 1. The predicted octanol–water partition coefficient (Wildman–Crippen LogP) is 2.39. The predicted molar refractivity (Wildman–Crippen MR) is 113 cm³/mol. The van der Waals surface area contributed by atoms with Crippen molar-refractivity contribution in [1.29, 1.82) is 0 Å². The standard InChI is InChI=1S/C22H29N5O2/c1-29-13-12-23-17-3-5-18(6-4-17)26-22-25-11-9-20(27-22)16-2-7-19-15(14-16)8-10-24-21(19)28/h2,7,9,11,14,17-18,23H,3-6,8,10,12-13H2,1H3,(H,24,28)(H,25,26,27).